The number of thiophene rings is 1. The lowest BCUT2D eigenvalue weighted by atomic mass is 10.2. The molecule has 1 aliphatic heterocycles. The Morgan fingerprint density at radius 2 is 1.89 bits per heavy atom. The molecule has 1 aromatic heterocycles. The number of hydrogen-bond acceptors (Lipinski definition) is 6. The fourth-order valence-electron chi connectivity index (χ4n) is 1.59. The SMILES string of the molecule is O=C(O)CCCC(=O)OC1COc2cscc2OC1. The third-order valence-electron chi connectivity index (χ3n) is 2.51. The summed E-state index contributed by atoms with van der Waals surface area (Å²) in [6, 6.07) is 0. The van der Waals surface area contributed by atoms with E-state index in [0.29, 0.717) is 11.5 Å². The van der Waals surface area contributed by atoms with E-state index in [1.165, 1.54) is 11.3 Å². The Hall–Kier alpha value is -1.76. The molecule has 1 aromatic rings. The summed E-state index contributed by atoms with van der Waals surface area (Å²) >= 11 is 1.48. The zero-order chi connectivity index (χ0) is 13.7. The molecule has 0 saturated heterocycles. The van der Waals surface area contributed by atoms with E-state index in [1.54, 1.807) is 0 Å². The van der Waals surface area contributed by atoms with E-state index in [1.807, 2.05) is 10.8 Å². The van der Waals surface area contributed by atoms with Gasteiger partial charge in [-0.15, -0.1) is 11.3 Å². The normalized spacial score (nSPS) is 14.7. The van der Waals surface area contributed by atoms with Gasteiger partial charge >= 0.3 is 11.9 Å². The minimum absolute atomic E-state index is 0.0379. The summed E-state index contributed by atoms with van der Waals surface area (Å²) in [4.78, 5) is 21.8. The first kappa shape index (κ1) is 13.7. The molecule has 0 unspecified atom stereocenters. The summed E-state index contributed by atoms with van der Waals surface area (Å²) in [5, 5.41) is 12.1. The summed E-state index contributed by atoms with van der Waals surface area (Å²) in [5.74, 6) is -0.0233. The van der Waals surface area contributed by atoms with Crippen LogP contribution in [0.4, 0.5) is 0 Å². The molecule has 104 valence electrons. The average molecular weight is 286 g/mol. The van der Waals surface area contributed by atoms with E-state index < -0.39 is 18.0 Å². The van der Waals surface area contributed by atoms with Gasteiger partial charge in [-0.1, -0.05) is 0 Å². The topological polar surface area (TPSA) is 82.1 Å². The van der Waals surface area contributed by atoms with Crippen molar-refractivity contribution in [3.05, 3.63) is 10.8 Å². The number of hydrogen-bond donors (Lipinski definition) is 1. The lowest BCUT2D eigenvalue weighted by Gasteiger charge is -2.14. The highest BCUT2D eigenvalue weighted by atomic mass is 32.1. The fraction of sp³-hybridized carbons (Fsp3) is 0.500. The van der Waals surface area contributed by atoms with Gasteiger partial charge in [-0.2, -0.15) is 0 Å². The number of carboxylic acid groups (broad SMARTS) is 1. The predicted octanol–water partition coefficient (Wildman–Crippen LogP) is 1.69. The Morgan fingerprint density at radius 1 is 1.26 bits per heavy atom. The van der Waals surface area contributed by atoms with Gasteiger partial charge in [0.2, 0.25) is 0 Å². The van der Waals surface area contributed by atoms with Crippen molar-refractivity contribution in [2.45, 2.75) is 25.4 Å². The number of rotatable bonds is 5. The molecule has 2 rings (SSSR count). The first-order chi connectivity index (χ1) is 9.15. The van der Waals surface area contributed by atoms with Crippen molar-refractivity contribution in [1.82, 2.24) is 0 Å². The molecule has 0 bridgehead atoms. The maximum Gasteiger partial charge on any atom is 0.306 e. The number of esters is 1. The van der Waals surface area contributed by atoms with Gasteiger partial charge in [0.15, 0.2) is 17.6 Å². The van der Waals surface area contributed by atoms with Crippen LogP contribution in [0.3, 0.4) is 0 Å². The molecule has 0 aliphatic carbocycles. The van der Waals surface area contributed by atoms with Crippen molar-refractivity contribution in [1.29, 1.82) is 0 Å². The zero-order valence-electron chi connectivity index (χ0n) is 10.2. The molecule has 1 aliphatic rings. The molecule has 19 heavy (non-hydrogen) atoms. The van der Waals surface area contributed by atoms with E-state index in [2.05, 4.69) is 0 Å². The molecular weight excluding hydrogens is 272 g/mol. The Bertz CT molecular complexity index is 432. The average Bonchev–Trinajstić information content (AvgIpc) is 2.72. The van der Waals surface area contributed by atoms with Crippen LogP contribution >= 0.6 is 11.3 Å². The van der Waals surface area contributed by atoms with Crippen LogP contribution in [0.5, 0.6) is 11.5 Å². The number of fused-ring (bicyclic) bond motifs is 1. The highest BCUT2D eigenvalue weighted by Crippen LogP contribution is 2.33. The Labute approximate surface area is 113 Å². The van der Waals surface area contributed by atoms with Gasteiger partial charge in [-0.25, -0.2) is 0 Å². The standard InChI is InChI=1S/C12H14O6S/c13-11(14)2-1-3-12(15)18-8-4-16-9-6-19-7-10(9)17-5-8/h6-8H,1-5H2,(H,13,14). The lowest BCUT2D eigenvalue weighted by Crippen LogP contribution is -2.29. The van der Waals surface area contributed by atoms with E-state index in [9.17, 15) is 9.59 Å². The molecule has 0 aromatic carbocycles. The molecule has 6 nitrogen and oxygen atoms in total. The molecule has 2 heterocycles. The maximum atomic E-state index is 11.5. The second-order valence-corrected chi connectivity index (χ2v) is 4.83. The highest BCUT2D eigenvalue weighted by molar-refractivity contribution is 7.08. The first-order valence-electron chi connectivity index (χ1n) is 5.88. The van der Waals surface area contributed by atoms with Gasteiger partial charge in [0.25, 0.3) is 0 Å². The van der Waals surface area contributed by atoms with Gasteiger partial charge in [0.1, 0.15) is 13.2 Å². The summed E-state index contributed by atoms with van der Waals surface area (Å²) < 4.78 is 16.1. The maximum absolute atomic E-state index is 11.5. The minimum atomic E-state index is -0.918. The van der Waals surface area contributed by atoms with E-state index in [-0.39, 0.29) is 32.5 Å². The van der Waals surface area contributed by atoms with E-state index in [4.69, 9.17) is 19.3 Å². The van der Waals surface area contributed by atoms with Crippen molar-refractivity contribution in [3.8, 4) is 11.5 Å². The van der Waals surface area contributed by atoms with Crippen LogP contribution in [0.15, 0.2) is 10.8 Å². The van der Waals surface area contributed by atoms with Crippen molar-refractivity contribution in [2.75, 3.05) is 13.2 Å². The number of carboxylic acids is 1. The van der Waals surface area contributed by atoms with Gasteiger partial charge in [0.05, 0.1) is 0 Å². The van der Waals surface area contributed by atoms with Gasteiger partial charge in [-0.3, -0.25) is 9.59 Å². The molecule has 0 spiro atoms. The van der Waals surface area contributed by atoms with Crippen LogP contribution in [0.2, 0.25) is 0 Å². The molecule has 0 radical (unpaired) electrons. The highest BCUT2D eigenvalue weighted by Gasteiger charge is 2.22. The van der Waals surface area contributed by atoms with Crippen molar-refractivity contribution in [2.24, 2.45) is 0 Å². The number of aliphatic carboxylic acids is 1. The van der Waals surface area contributed by atoms with Crippen LogP contribution in [0.1, 0.15) is 19.3 Å². The summed E-state index contributed by atoms with van der Waals surface area (Å²) in [5.41, 5.74) is 0. The Morgan fingerprint density at radius 3 is 2.47 bits per heavy atom. The summed E-state index contributed by atoms with van der Waals surface area (Å²) in [6.45, 7) is 0.489. The van der Waals surface area contributed by atoms with Gasteiger partial charge < -0.3 is 19.3 Å². The quantitative estimate of drug-likeness (QED) is 0.829. The monoisotopic (exact) mass is 286 g/mol. The fourth-order valence-corrected chi connectivity index (χ4v) is 2.28. The van der Waals surface area contributed by atoms with Crippen molar-refractivity contribution in [3.63, 3.8) is 0 Å². The molecule has 1 N–H and O–H groups in total. The molecule has 0 fully saturated rings. The predicted molar refractivity (Wildman–Crippen MR) is 66.7 cm³/mol. The molecule has 7 heteroatoms. The number of carbonyl (C=O) groups excluding carboxylic acids is 1. The zero-order valence-corrected chi connectivity index (χ0v) is 11.0. The molecular formula is C12H14O6S. The molecule has 0 saturated carbocycles. The number of carbonyl (C=O) groups is 2. The minimum Gasteiger partial charge on any atom is -0.485 e. The van der Waals surface area contributed by atoms with Crippen LogP contribution in [0, 0.1) is 0 Å². The Kier molecular flexibility index (Phi) is 4.62. The van der Waals surface area contributed by atoms with E-state index >= 15 is 0 Å². The van der Waals surface area contributed by atoms with Gasteiger partial charge in [0, 0.05) is 23.6 Å². The van der Waals surface area contributed by atoms with Crippen molar-refractivity contribution >= 4 is 23.3 Å². The van der Waals surface area contributed by atoms with E-state index in [0.717, 1.165) is 0 Å². The van der Waals surface area contributed by atoms with Gasteiger partial charge in [-0.05, 0) is 6.42 Å². The second-order valence-electron chi connectivity index (χ2n) is 4.08. The van der Waals surface area contributed by atoms with Crippen LogP contribution in [0.25, 0.3) is 0 Å². The Balaban J connectivity index is 1.73. The molecule has 0 atom stereocenters. The third kappa shape index (κ3) is 4.13. The number of ether oxygens (including phenoxy) is 3. The van der Waals surface area contributed by atoms with Crippen molar-refractivity contribution < 1.29 is 28.9 Å². The first-order valence-corrected chi connectivity index (χ1v) is 6.82. The summed E-state index contributed by atoms with van der Waals surface area (Å²) in [6.07, 6.45) is -0.140. The van der Waals surface area contributed by atoms with Crippen LogP contribution in [-0.4, -0.2) is 36.4 Å². The van der Waals surface area contributed by atoms with Crippen LogP contribution in [-0.2, 0) is 14.3 Å². The lowest BCUT2D eigenvalue weighted by molar-refractivity contribution is -0.152. The third-order valence-corrected chi connectivity index (χ3v) is 3.21. The smallest absolute Gasteiger partial charge is 0.306 e. The summed E-state index contributed by atoms with van der Waals surface area (Å²) in [7, 11) is 0. The molecule has 0 amide bonds. The second kappa shape index (κ2) is 6.42. The largest absolute Gasteiger partial charge is 0.485 e. The van der Waals surface area contributed by atoms with Crippen LogP contribution < -0.4 is 9.47 Å².